The Bertz CT molecular complexity index is 1220. The maximum absolute atomic E-state index is 12.9. The first-order valence-electron chi connectivity index (χ1n) is 9.81. The van der Waals surface area contributed by atoms with E-state index in [1.807, 2.05) is 12.2 Å². The molecule has 0 radical (unpaired) electrons. The molecular formula is C24H18N2O4. The molecule has 0 saturated carbocycles. The maximum Gasteiger partial charge on any atom is 0.336 e. The summed E-state index contributed by atoms with van der Waals surface area (Å²) < 4.78 is 0. The van der Waals surface area contributed by atoms with Gasteiger partial charge >= 0.3 is 5.97 Å². The molecule has 0 unspecified atom stereocenters. The van der Waals surface area contributed by atoms with Crippen LogP contribution < -0.4 is 4.90 Å². The van der Waals surface area contributed by atoms with Gasteiger partial charge in [0.1, 0.15) is 0 Å². The fourth-order valence-electron chi connectivity index (χ4n) is 4.36. The third-order valence-electron chi connectivity index (χ3n) is 5.85. The Labute approximate surface area is 172 Å². The molecule has 1 N–H and O–H groups in total. The van der Waals surface area contributed by atoms with Crippen molar-refractivity contribution in [2.75, 3.05) is 4.90 Å². The van der Waals surface area contributed by atoms with Crippen LogP contribution in [0.2, 0.25) is 0 Å². The van der Waals surface area contributed by atoms with E-state index in [0.29, 0.717) is 40.7 Å². The number of anilines is 1. The summed E-state index contributed by atoms with van der Waals surface area (Å²) >= 11 is 0. The number of aromatic carboxylic acids is 1. The molecule has 1 aliphatic heterocycles. The molecule has 148 valence electrons. The SMILES string of the molecule is O=C(O)c1cc(-c2cccc(N3C(=O)[C@H]4CC=CC[C@H]4C3=O)c2)nc2ccccc12. The molecule has 2 aliphatic rings. The van der Waals surface area contributed by atoms with Gasteiger partial charge in [0.05, 0.1) is 34.3 Å². The van der Waals surface area contributed by atoms with Crippen LogP contribution >= 0.6 is 0 Å². The molecule has 2 heterocycles. The number of hydrogen-bond acceptors (Lipinski definition) is 4. The number of carbonyl (C=O) groups excluding carboxylic acids is 2. The number of carboxylic acid groups (broad SMARTS) is 1. The predicted octanol–water partition coefficient (Wildman–Crippen LogP) is 4.06. The predicted molar refractivity (Wildman–Crippen MR) is 112 cm³/mol. The molecule has 6 heteroatoms. The molecule has 2 atom stereocenters. The Hall–Kier alpha value is -3.80. The number of allylic oxidation sites excluding steroid dienone is 2. The summed E-state index contributed by atoms with van der Waals surface area (Å²) in [6, 6.07) is 15.6. The van der Waals surface area contributed by atoms with E-state index in [-0.39, 0.29) is 29.2 Å². The summed E-state index contributed by atoms with van der Waals surface area (Å²) in [5.41, 5.74) is 2.35. The number of amides is 2. The number of hydrogen-bond donors (Lipinski definition) is 1. The van der Waals surface area contributed by atoms with Crippen LogP contribution in [0.3, 0.4) is 0 Å². The van der Waals surface area contributed by atoms with Gasteiger partial charge in [0.25, 0.3) is 0 Å². The van der Waals surface area contributed by atoms with Gasteiger partial charge in [-0.05, 0) is 37.1 Å². The van der Waals surface area contributed by atoms with Crippen molar-refractivity contribution >= 4 is 34.4 Å². The number of nitrogens with zero attached hydrogens (tertiary/aromatic N) is 2. The molecule has 2 aromatic carbocycles. The number of carboxylic acids is 1. The van der Waals surface area contributed by atoms with E-state index in [2.05, 4.69) is 4.98 Å². The average molecular weight is 398 g/mol. The number of carbonyl (C=O) groups is 3. The Kier molecular flexibility index (Phi) is 4.20. The van der Waals surface area contributed by atoms with Gasteiger partial charge < -0.3 is 5.11 Å². The van der Waals surface area contributed by atoms with Crippen LogP contribution in [0.25, 0.3) is 22.2 Å². The van der Waals surface area contributed by atoms with E-state index in [0.717, 1.165) is 0 Å². The Morgan fingerprint density at radius 3 is 2.33 bits per heavy atom. The zero-order chi connectivity index (χ0) is 20.8. The number of benzene rings is 2. The van der Waals surface area contributed by atoms with Crippen molar-refractivity contribution in [2.45, 2.75) is 12.8 Å². The topological polar surface area (TPSA) is 87.6 Å². The lowest BCUT2D eigenvalue weighted by molar-refractivity contribution is -0.122. The van der Waals surface area contributed by atoms with Gasteiger partial charge in [0.15, 0.2) is 0 Å². The molecule has 1 fully saturated rings. The van der Waals surface area contributed by atoms with E-state index < -0.39 is 5.97 Å². The van der Waals surface area contributed by atoms with Crippen LogP contribution in [-0.4, -0.2) is 27.9 Å². The first-order chi connectivity index (χ1) is 14.5. The molecule has 5 rings (SSSR count). The summed E-state index contributed by atoms with van der Waals surface area (Å²) in [5, 5.41) is 10.2. The number of pyridine rings is 1. The molecule has 1 aromatic heterocycles. The van der Waals surface area contributed by atoms with Crippen molar-refractivity contribution in [3.63, 3.8) is 0 Å². The highest BCUT2D eigenvalue weighted by Crippen LogP contribution is 2.38. The molecule has 1 saturated heterocycles. The van der Waals surface area contributed by atoms with Crippen LogP contribution in [0, 0.1) is 11.8 Å². The molecule has 2 amide bonds. The highest BCUT2D eigenvalue weighted by atomic mass is 16.4. The second-order valence-corrected chi connectivity index (χ2v) is 7.60. The van der Waals surface area contributed by atoms with Crippen LogP contribution in [-0.2, 0) is 9.59 Å². The van der Waals surface area contributed by atoms with Crippen molar-refractivity contribution in [1.29, 1.82) is 0 Å². The van der Waals surface area contributed by atoms with Crippen LogP contribution in [0.15, 0.2) is 66.7 Å². The van der Waals surface area contributed by atoms with Gasteiger partial charge in [-0.15, -0.1) is 0 Å². The molecule has 0 spiro atoms. The lowest BCUT2D eigenvalue weighted by atomic mass is 9.85. The summed E-state index contributed by atoms with van der Waals surface area (Å²) in [5.74, 6) is -1.99. The minimum absolute atomic E-state index is 0.159. The first-order valence-corrected chi connectivity index (χ1v) is 9.81. The quantitative estimate of drug-likeness (QED) is 0.531. The van der Waals surface area contributed by atoms with Crippen molar-refractivity contribution < 1.29 is 19.5 Å². The van der Waals surface area contributed by atoms with Crippen molar-refractivity contribution in [3.05, 3.63) is 72.3 Å². The van der Waals surface area contributed by atoms with Crippen molar-refractivity contribution in [2.24, 2.45) is 11.8 Å². The number of aromatic nitrogens is 1. The zero-order valence-corrected chi connectivity index (χ0v) is 16.0. The smallest absolute Gasteiger partial charge is 0.336 e. The van der Waals surface area contributed by atoms with Gasteiger partial charge in [0.2, 0.25) is 11.8 Å². The summed E-state index contributed by atoms with van der Waals surface area (Å²) in [6.45, 7) is 0. The molecule has 6 nitrogen and oxygen atoms in total. The number of rotatable bonds is 3. The lowest BCUT2D eigenvalue weighted by Gasteiger charge is -2.16. The summed E-state index contributed by atoms with van der Waals surface area (Å²) in [4.78, 5) is 43.4. The standard InChI is InChI=1S/C24H18N2O4/c27-22-17-9-1-2-10-18(17)23(28)26(22)15-7-5-6-14(12-15)21-13-19(24(29)30)16-8-3-4-11-20(16)25-21/h1-8,11-13,17-18H,9-10H2,(H,29,30)/t17-,18+. The van der Waals surface area contributed by atoms with Crippen molar-refractivity contribution in [1.82, 2.24) is 4.98 Å². The average Bonchev–Trinajstić information content (AvgIpc) is 3.03. The fraction of sp³-hybridized carbons (Fsp3) is 0.167. The molecule has 1 aliphatic carbocycles. The molecular weight excluding hydrogens is 380 g/mol. The van der Waals surface area contributed by atoms with Gasteiger partial charge in [0, 0.05) is 10.9 Å². The molecule has 0 bridgehead atoms. The Balaban J connectivity index is 1.59. The Morgan fingerprint density at radius 1 is 0.933 bits per heavy atom. The number of para-hydroxylation sites is 1. The second kappa shape index (κ2) is 6.91. The van der Waals surface area contributed by atoms with Crippen LogP contribution in [0.4, 0.5) is 5.69 Å². The van der Waals surface area contributed by atoms with E-state index in [4.69, 9.17) is 0 Å². The van der Waals surface area contributed by atoms with Gasteiger partial charge in [-0.1, -0.05) is 42.5 Å². The monoisotopic (exact) mass is 398 g/mol. The van der Waals surface area contributed by atoms with E-state index in [1.165, 1.54) is 11.0 Å². The molecule has 3 aromatic rings. The third kappa shape index (κ3) is 2.80. The molecule has 30 heavy (non-hydrogen) atoms. The highest BCUT2D eigenvalue weighted by molar-refractivity contribution is 6.22. The second-order valence-electron chi connectivity index (χ2n) is 7.60. The van der Waals surface area contributed by atoms with Gasteiger partial charge in [-0.3, -0.25) is 14.5 Å². The number of imide groups is 1. The normalized spacial score (nSPS) is 20.6. The van der Waals surface area contributed by atoms with Crippen molar-refractivity contribution in [3.8, 4) is 11.3 Å². The largest absolute Gasteiger partial charge is 0.478 e. The minimum Gasteiger partial charge on any atom is -0.478 e. The van der Waals surface area contributed by atoms with Gasteiger partial charge in [-0.25, -0.2) is 9.78 Å². The van der Waals surface area contributed by atoms with Crippen LogP contribution in [0.5, 0.6) is 0 Å². The maximum atomic E-state index is 12.9. The first kappa shape index (κ1) is 18.2. The summed E-state index contributed by atoms with van der Waals surface area (Å²) in [6.07, 6.45) is 5.08. The van der Waals surface area contributed by atoms with E-state index >= 15 is 0 Å². The lowest BCUT2D eigenvalue weighted by Crippen LogP contribution is -2.30. The van der Waals surface area contributed by atoms with Gasteiger partial charge in [-0.2, -0.15) is 0 Å². The third-order valence-corrected chi connectivity index (χ3v) is 5.85. The Morgan fingerprint density at radius 2 is 1.63 bits per heavy atom. The minimum atomic E-state index is -1.03. The summed E-state index contributed by atoms with van der Waals surface area (Å²) in [7, 11) is 0. The highest BCUT2D eigenvalue weighted by Gasteiger charge is 2.47. The van der Waals surface area contributed by atoms with E-state index in [9.17, 15) is 19.5 Å². The van der Waals surface area contributed by atoms with E-state index in [1.54, 1.807) is 48.5 Å². The van der Waals surface area contributed by atoms with Crippen LogP contribution in [0.1, 0.15) is 23.2 Å². The number of fused-ring (bicyclic) bond motifs is 2. The fourth-order valence-corrected chi connectivity index (χ4v) is 4.36. The zero-order valence-electron chi connectivity index (χ0n) is 16.0.